The van der Waals surface area contributed by atoms with Gasteiger partial charge in [0, 0.05) is 16.1 Å². The van der Waals surface area contributed by atoms with Crippen molar-refractivity contribution in [1.29, 1.82) is 0 Å². The molecule has 0 bridgehead atoms. The van der Waals surface area contributed by atoms with Crippen LogP contribution in [0.4, 0.5) is 5.69 Å². The highest BCUT2D eigenvalue weighted by Gasteiger charge is 2.27. The molecule has 3 rings (SSSR count). The molecular formula is C23H23ClN2O5S2. The van der Waals surface area contributed by atoms with Crippen molar-refractivity contribution >= 4 is 61.7 Å². The van der Waals surface area contributed by atoms with E-state index in [0.717, 1.165) is 10.8 Å². The number of halogens is 1. The fourth-order valence-corrected chi connectivity index (χ4v) is 4.90. The number of carbonyl (C=O) groups is 2. The monoisotopic (exact) mass is 506 g/mol. The van der Waals surface area contributed by atoms with E-state index in [1.807, 2.05) is 42.7 Å². The normalized spacial score (nSPS) is 12.3. The van der Waals surface area contributed by atoms with E-state index in [4.69, 9.17) is 16.3 Å². The van der Waals surface area contributed by atoms with Crippen LogP contribution in [0.15, 0.2) is 71.6 Å². The number of esters is 1. The summed E-state index contributed by atoms with van der Waals surface area (Å²) in [6.07, 6.45) is 2.05. The van der Waals surface area contributed by atoms with Crippen LogP contribution >= 0.6 is 23.4 Å². The van der Waals surface area contributed by atoms with Gasteiger partial charge in [0.05, 0.1) is 4.90 Å². The summed E-state index contributed by atoms with van der Waals surface area (Å²) in [5.74, 6) is -0.830. The lowest BCUT2D eigenvalue weighted by Gasteiger charge is -2.17. The SMILES string of the molecule is CSCC[C@H](NS(=O)(=O)c1ccc(Cl)cc1)C(=O)OCC(=O)Nc1cccc2ccccc12. The number of anilines is 1. The van der Waals surface area contributed by atoms with Crippen molar-refractivity contribution in [3.8, 4) is 0 Å². The quantitative estimate of drug-likeness (QED) is 0.402. The lowest BCUT2D eigenvalue weighted by atomic mass is 10.1. The van der Waals surface area contributed by atoms with Crippen LogP contribution in [0, 0.1) is 0 Å². The average molecular weight is 507 g/mol. The Kier molecular flexibility index (Phi) is 8.74. The molecule has 1 amide bonds. The number of rotatable bonds is 10. The van der Waals surface area contributed by atoms with Gasteiger partial charge in [0.25, 0.3) is 5.91 Å². The molecule has 3 aromatic carbocycles. The van der Waals surface area contributed by atoms with Crippen LogP contribution in [0.25, 0.3) is 10.8 Å². The molecule has 0 fully saturated rings. The van der Waals surface area contributed by atoms with Crippen LogP contribution in [-0.2, 0) is 24.3 Å². The van der Waals surface area contributed by atoms with Gasteiger partial charge in [-0.15, -0.1) is 0 Å². The highest BCUT2D eigenvalue weighted by Crippen LogP contribution is 2.23. The number of benzene rings is 3. The highest BCUT2D eigenvalue weighted by atomic mass is 35.5. The number of hydrogen-bond acceptors (Lipinski definition) is 6. The van der Waals surface area contributed by atoms with E-state index in [0.29, 0.717) is 16.5 Å². The minimum atomic E-state index is -3.98. The van der Waals surface area contributed by atoms with Gasteiger partial charge in [-0.3, -0.25) is 9.59 Å². The molecule has 0 heterocycles. The zero-order valence-electron chi connectivity index (χ0n) is 17.8. The van der Waals surface area contributed by atoms with Crippen LogP contribution in [0.3, 0.4) is 0 Å². The molecule has 3 aromatic rings. The molecule has 0 aliphatic heterocycles. The third-order valence-electron chi connectivity index (χ3n) is 4.73. The maximum atomic E-state index is 12.7. The first-order chi connectivity index (χ1) is 15.8. The summed E-state index contributed by atoms with van der Waals surface area (Å²) in [5.41, 5.74) is 0.594. The Morgan fingerprint density at radius 2 is 1.73 bits per heavy atom. The number of carbonyl (C=O) groups excluding carboxylic acids is 2. The number of nitrogens with one attached hydrogen (secondary N) is 2. The molecule has 0 spiro atoms. The van der Waals surface area contributed by atoms with Crippen LogP contribution in [-0.4, -0.2) is 45.0 Å². The molecule has 7 nitrogen and oxygen atoms in total. The first-order valence-electron chi connectivity index (χ1n) is 10.0. The summed E-state index contributed by atoms with van der Waals surface area (Å²) >= 11 is 7.28. The number of hydrogen-bond donors (Lipinski definition) is 2. The second-order valence-corrected chi connectivity index (χ2v) is 10.2. The minimum Gasteiger partial charge on any atom is -0.454 e. The number of amides is 1. The maximum absolute atomic E-state index is 12.7. The van der Waals surface area contributed by atoms with E-state index < -0.39 is 34.5 Å². The van der Waals surface area contributed by atoms with Gasteiger partial charge < -0.3 is 10.1 Å². The molecule has 174 valence electrons. The summed E-state index contributed by atoms with van der Waals surface area (Å²) in [6.45, 7) is -0.541. The third kappa shape index (κ3) is 6.94. The van der Waals surface area contributed by atoms with Gasteiger partial charge in [0.15, 0.2) is 6.61 Å². The molecule has 1 atom stereocenters. The number of thioether (sulfide) groups is 1. The lowest BCUT2D eigenvalue weighted by Crippen LogP contribution is -2.43. The number of ether oxygens (including phenoxy) is 1. The summed E-state index contributed by atoms with van der Waals surface area (Å²) in [7, 11) is -3.98. The van der Waals surface area contributed by atoms with Gasteiger partial charge in [-0.05, 0) is 54.1 Å². The van der Waals surface area contributed by atoms with Gasteiger partial charge in [-0.2, -0.15) is 16.5 Å². The van der Waals surface area contributed by atoms with Crippen molar-refractivity contribution in [1.82, 2.24) is 4.72 Å². The summed E-state index contributed by atoms with van der Waals surface area (Å²) < 4.78 is 32.9. The van der Waals surface area contributed by atoms with E-state index >= 15 is 0 Å². The van der Waals surface area contributed by atoms with Crippen molar-refractivity contribution in [2.75, 3.05) is 23.9 Å². The Balaban J connectivity index is 1.64. The molecule has 2 N–H and O–H groups in total. The van der Waals surface area contributed by atoms with Crippen molar-refractivity contribution in [2.24, 2.45) is 0 Å². The smallest absolute Gasteiger partial charge is 0.324 e. The van der Waals surface area contributed by atoms with Crippen molar-refractivity contribution in [3.05, 3.63) is 71.8 Å². The number of sulfonamides is 1. The Hall–Kier alpha value is -2.59. The maximum Gasteiger partial charge on any atom is 0.324 e. The Bertz CT molecular complexity index is 1230. The fourth-order valence-electron chi connectivity index (χ4n) is 3.09. The summed E-state index contributed by atoms with van der Waals surface area (Å²) in [6, 6.07) is 17.5. The molecular weight excluding hydrogens is 484 g/mol. The zero-order valence-corrected chi connectivity index (χ0v) is 20.2. The standard InChI is InChI=1S/C23H23ClN2O5S2/c1-32-14-13-21(26-33(29,30)18-11-9-17(24)10-12-18)23(28)31-15-22(27)25-20-8-4-6-16-5-2-3-7-19(16)20/h2-12,21,26H,13-15H2,1H3,(H,25,27)/t21-/m0/s1. The summed E-state index contributed by atoms with van der Waals surface area (Å²) in [4.78, 5) is 25.0. The van der Waals surface area contributed by atoms with Crippen molar-refractivity contribution in [2.45, 2.75) is 17.4 Å². The second-order valence-electron chi connectivity index (χ2n) is 7.09. The number of fused-ring (bicyclic) bond motifs is 1. The predicted octanol–water partition coefficient (Wildman–Crippen LogP) is 4.08. The molecule has 0 saturated carbocycles. The van der Waals surface area contributed by atoms with Crippen LogP contribution < -0.4 is 10.0 Å². The first-order valence-corrected chi connectivity index (χ1v) is 13.3. The van der Waals surface area contributed by atoms with Gasteiger partial charge >= 0.3 is 5.97 Å². The molecule has 0 radical (unpaired) electrons. The van der Waals surface area contributed by atoms with E-state index in [-0.39, 0.29) is 11.3 Å². The Morgan fingerprint density at radius 1 is 1.03 bits per heavy atom. The second kappa shape index (κ2) is 11.5. The van der Waals surface area contributed by atoms with Gasteiger partial charge in [0.2, 0.25) is 10.0 Å². The van der Waals surface area contributed by atoms with E-state index in [9.17, 15) is 18.0 Å². The Morgan fingerprint density at radius 3 is 2.45 bits per heavy atom. The highest BCUT2D eigenvalue weighted by molar-refractivity contribution is 7.98. The molecule has 10 heteroatoms. The molecule has 0 aromatic heterocycles. The van der Waals surface area contributed by atoms with Gasteiger partial charge in [-0.25, -0.2) is 8.42 Å². The van der Waals surface area contributed by atoms with Crippen LogP contribution in [0.2, 0.25) is 5.02 Å². The fraction of sp³-hybridized carbons (Fsp3) is 0.217. The van der Waals surface area contributed by atoms with E-state index in [1.165, 1.54) is 36.0 Å². The average Bonchev–Trinajstić information content (AvgIpc) is 2.80. The minimum absolute atomic E-state index is 0.0254. The van der Waals surface area contributed by atoms with Crippen LogP contribution in [0.5, 0.6) is 0 Å². The lowest BCUT2D eigenvalue weighted by molar-refractivity contribution is -0.149. The largest absolute Gasteiger partial charge is 0.454 e. The Labute approximate surface area is 201 Å². The van der Waals surface area contributed by atoms with Gasteiger partial charge in [-0.1, -0.05) is 48.0 Å². The van der Waals surface area contributed by atoms with Crippen molar-refractivity contribution < 1.29 is 22.7 Å². The van der Waals surface area contributed by atoms with E-state index in [1.54, 1.807) is 6.07 Å². The zero-order chi connectivity index (χ0) is 23.8. The van der Waals surface area contributed by atoms with Crippen LogP contribution in [0.1, 0.15) is 6.42 Å². The molecule has 0 unspecified atom stereocenters. The van der Waals surface area contributed by atoms with Crippen molar-refractivity contribution in [3.63, 3.8) is 0 Å². The molecule has 33 heavy (non-hydrogen) atoms. The van der Waals surface area contributed by atoms with Gasteiger partial charge in [0.1, 0.15) is 6.04 Å². The third-order valence-corrected chi connectivity index (χ3v) is 7.11. The molecule has 0 aliphatic carbocycles. The summed E-state index contributed by atoms with van der Waals surface area (Å²) in [5, 5.41) is 4.94. The molecule has 0 aliphatic rings. The van der Waals surface area contributed by atoms with E-state index in [2.05, 4.69) is 10.0 Å². The topological polar surface area (TPSA) is 102 Å². The first kappa shape index (κ1) is 25.0. The molecule has 0 saturated heterocycles. The predicted molar refractivity (Wildman–Crippen MR) is 132 cm³/mol.